The highest BCUT2D eigenvalue weighted by Crippen LogP contribution is 2.30. The van der Waals surface area contributed by atoms with E-state index in [0.717, 1.165) is 36.1 Å². The van der Waals surface area contributed by atoms with Gasteiger partial charge in [0.15, 0.2) is 5.71 Å². The minimum Gasteiger partial charge on any atom is -0.398 e. The van der Waals surface area contributed by atoms with Gasteiger partial charge in [0.2, 0.25) is 5.91 Å². The smallest absolute Gasteiger partial charge is 0.281 e. The van der Waals surface area contributed by atoms with Crippen molar-refractivity contribution in [2.75, 3.05) is 18.6 Å². The molecule has 0 unspecified atom stereocenters. The zero-order chi connectivity index (χ0) is 17.5. The molecule has 1 heterocycles. The zero-order valence-corrected chi connectivity index (χ0v) is 14.0. The minimum atomic E-state index is -0.366. The molecule has 7 heteroatoms. The van der Waals surface area contributed by atoms with Crippen molar-refractivity contribution in [3.8, 4) is 0 Å². The monoisotopic (exact) mass is 333 g/mol. The van der Waals surface area contributed by atoms with E-state index in [4.69, 9.17) is 10.0 Å². The number of nitrogens with one attached hydrogen (secondary N) is 1. The van der Waals surface area contributed by atoms with Crippen LogP contribution in [-0.2, 0) is 14.4 Å². The number of carbonyl (C=O) groups is 2. The Balaban J connectivity index is 1.93. The van der Waals surface area contributed by atoms with Crippen LogP contribution in [0.1, 0.15) is 43.2 Å². The van der Waals surface area contributed by atoms with Gasteiger partial charge in [0.25, 0.3) is 5.91 Å². The van der Waals surface area contributed by atoms with E-state index >= 15 is 0 Å². The molecular weight excluding hydrogens is 310 g/mol. The largest absolute Gasteiger partial charge is 0.398 e. The van der Waals surface area contributed by atoms with Crippen LogP contribution in [0.5, 0.6) is 0 Å². The van der Waals surface area contributed by atoms with Gasteiger partial charge >= 0.3 is 0 Å². The standard InChI is InChI=1S/C17H23N3O4/c1-12-8-9-14-13(11-12)16(19-24-2)17(22)20(14)10-6-4-3-5-7-15(21)18-23/h8-9,11,23H,3-7,10H2,1-2H3,(H,18,21). The third-order valence-electron chi connectivity index (χ3n) is 3.99. The Kier molecular flexibility index (Phi) is 6.31. The van der Waals surface area contributed by atoms with Crippen LogP contribution in [0.15, 0.2) is 23.4 Å². The lowest BCUT2D eigenvalue weighted by Gasteiger charge is -2.16. The molecule has 7 nitrogen and oxygen atoms in total. The third-order valence-corrected chi connectivity index (χ3v) is 3.99. The number of oxime groups is 1. The number of anilines is 1. The Bertz CT molecular complexity index is 643. The molecule has 2 amide bonds. The molecule has 0 bridgehead atoms. The number of aryl methyl sites for hydroxylation is 1. The van der Waals surface area contributed by atoms with Gasteiger partial charge in [0.05, 0.1) is 5.69 Å². The minimum absolute atomic E-state index is 0.142. The first-order chi connectivity index (χ1) is 11.6. The fourth-order valence-electron chi connectivity index (χ4n) is 2.79. The first-order valence-electron chi connectivity index (χ1n) is 8.05. The van der Waals surface area contributed by atoms with Crippen molar-refractivity contribution < 1.29 is 19.6 Å². The van der Waals surface area contributed by atoms with Crippen molar-refractivity contribution >= 4 is 23.2 Å². The van der Waals surface area contributed by atoms with Gasteiger partial charge in [0.1, 0.15) is 7.11 Å². The molecule has 0 atom stereocenters. The molecule has 0 saturated heterocycles. The summed E-state index contributed by atoms with van der Waals surface area (Å²) >= 11 is 0. The molecule has 2 rings (SSSR count). The highest BCUT2D eigenvalue weighted by molar-refractivity contribution is 6.54. The lowest BCUT2D eigenvalue weighted by Crippen LogP contribution is -2.31. The second kappa shape index (κ2) is 8.44. The molecule has 0 radical (unpaired) electrons. The normalized spacial score (nSPS) is 14.9. The molecule has 0 saturated carbocycles. The van der Waals surface area contributed by atoms with Crippen molar-refractivity contribution in [1.82, 2.24) is 5.48 Å². The Morgan fingerprint density at radius 1 is 1.29 bits per heavy atom. The average Bonchev–Trinajstić information content (AvgIpc) is 2.82. The van der Waals surface area contributed by atoms with Crippen LogP contribution in [-0.4, -0.2) is 36.4 Å². The van der Waals surface area contributed by atoms with E-state index in [1.165, 1.54) is 7.11 Å². The van der Waals surface area contributed by atoms with E-state index < -0.39 is 0 Å². The van der Waals surface area contributed by atoms with E-state index in [-0.39, 0.29) is 11.8 Å². The Morgan fingerprint density at radius 3 is 2.75 bits per heavy atom. The van der Waals surface area contributed by atoms with Crippen LogP contribution >= 0.6 is 0 Å². The van der Waals surface area contributed by atoms with Gasteiger partial charge in [-0.05, 0) is 31.9 Å². The van der Waals surface area contributed by atoms with Gasteiger partial charge in [-0.15, -0.1) is 0 Å². The number of unbranched alkanes of at least 4 members (excludes halogenated alkanes) is 3. The number of nitrogens with zero attached hydrogens (tertiary/aromatic N) is 2. The first kappa shape index (κ1) is 17.9. The summed E-state index contributed by atoms with van der Waals surface area (Å²) in [6.45, 7) is 2.57. The van der Waals surface area contributed by atoms with Gasteiger partial charge in [-0.1, -0.05) is 29.6 Å². The molecule has 0 aliphatic carbocycles. The summed E-state index contributed by atoms with van der Waals surface area (Å²) in [7, 11) is 1.43. The summed E-state index contributed by atoms with van der Waals surface area (Å²) < 4.78 is 0. The van der Waals surface area contributed by atoms with E-state index in [9.17, 15) is 9.59 Å². The maximum Gasteiger partial charge on any atom is 0.281 e. The molecule has 24 heavy (non-hydrogen) atoms. The molecule has 1 aliphatic heterocycles. The average molecular weight is 333 g/mol. The molecule has 0 spiro atoms. The number of hydrogen-bond donors (Lipinski definition) is 2. The number of amides is 2. The number of carbonyl (C=O) groups excluding carboxylic acids is 2. The summed E-state index contributed by atoms with van der Waals surface area (Å²) in [6.07, 6.45) is 3.63. The topological polar surface area (TPSA) is 91.2 Å². The number of fused-ring (bicyclic) bond motifs is 1. The van der Waals surface area contributed by atoms with Crippen molar-refractivity contribution in [1.29, 1.82) is 0 Å². The van der Waals surface area contributed by atoms with Crippen LogP contribution < -0.4 is 10.4 Å². The van der Waals surface area contributed by atoms with Crippen molar-refractivity contribution in [2.45, 2.75) is 39.0 Å². The first-order valence-corrected chi connectivity index (χ1v) is 8.05. The zero-order valence-electron chi connectivity index (χ0n) is 14.0. The summed E-state index contributed by atoms with van der Waals surface area (Å²) in [5, 5.41) is 12.3. The highest BCUT2D eigenvalue weighted by Gasteiger charge is 2.34. The maximum absolute atomic E-state index is 12.5. The summed E-state index contributed by atoms with van der Waals surface area (Å²) in [6, 6.07) is 5.85. The van der Waals surface area contributed by atoms with E-state index in [0.29, 0.717) is 25.1 Å². The van der Waals surface area contributed by atoms with Crippen molar-refractivity contribution in [3.05, 3.63) is 29.3 Å². The van der Waals surface area contributed by atoms with Gasteiger partial charge in [-0.25, -0.2) is 5.48 Å². The highest BCUT2D eigenvalue weighted by atomic mass is 16.6. The molecule has 1 aromatic carbocycles. The SMILES string of the molecule is CON=C1C(=O)N(CCCCCCC(=O)NO)c2ccc(C)cc21. The van der Waals surface area contributed by atoms with Crippen molar-refractivity contribution in [3.63, 3.8) is 0 Å². The second-order valence-corrected chi connectivity index (χ2v) is 5.80. The van der Waals surface area contributed by atoms with E-state index in [2.05, 4.69) is 5.16 Å². The molecule has 0 fully saturated rings. The van der Waals surface area contributed by atoms with Gasteiger partial charge in [0, 0.05) is 18.5 Å². The van der Waals surface area contributed by atoms with Crippen LogP contribution in [0.4, 0.5) is 5.69 Å². The number of rotatable bonds is 8. The molecule has 1 aliphatic rings. The predicted molar refractivity (Wildman–Crippen MR) is 90.1 cm³/mol. The van der Waals surface area contributed by atoms with E-state index in [1.54, 1.807) is 10.4 Å². The quantitative estimate of drug-likeness (QED) is 0.433. The van der Waals surface area contributed by atoms with E-state index in [1.807, 2.05) is 25.1 Å². The summed E-state index contributed by atoms with van der Waals surface area (Å²) in [4.78, 5) is 30.0. The van der Waals surface area contributed by atoms with Gasteiger partial charge in [-0.2, -0.15) is 0 Å². The van der Waals surface area contributed by atoms with Gasteiger partial charge < -0.3 is 9.74 Å². The van der Waals surface area contributed by atoms with Gasteiger partial charge in [-0.3, -0.25) is 14.8 Å². The number of benzene rings is 1. The predicted octanol–water partition coefficient (Wildman–Crippen LogP) is 2.15. The molecule has 0 aromatic heterocycles. The fraction of sp³-hybridized carbons (Fsp3) is 0.471. The van der Waals surface area contributed by atoms with Crippen LogP contribution in [0.25, 0.3) is 0 Å². The molecule has 2 N–H and O–H groups in total. The maximum atomic E-state index is 12.5. The van der Waals surface area contributed by atoms with Crippen LogP contribution in [0, 0.1) is 6.92 Å². The molecular formula is C17H23N3O4. The lowest BCUT2D eigenvalue weighted by molar-refractivity contribution is -0.129. The number of hydroxylamine groups is 1. The molecule has 1 aromatic rings. The summed E-state index contributed by atoms with van der Waals surface area (Å²) in [5.74, 6) is -0.508. The lowest BCUT2D eigenvalue weighted by atomic mass is 10.1. The Hall–Kier alpha value is -2.41. The summed E-state index contributed by atoms with van der Waals surface area (Å²) in [5.41, 5.74) is 4.70. The Morgan fingerprint density at radius 2 is 2.04 bits per heavy atom. The number of hydrogen-bond acceptors (Lipinski definition) is 5. The van der Waals surface area contributed by atoms with Crippen LogP contribution in [0.2, 0.25) is 0 Å². The fourth-order valence-corrected chi connectivity index (χ4v) is 2.79. The molecule has 130 valence electrons. The van der Waals surface area contributed by atoms with Crippen molar-refractivity contribution in [2.24, 2.45) is 5.16 Å². The third kappa shape index (κ3) is 4.11. The second-order valence-electron chi connectivity index (χ2n) is 5.80. The Labute approximate surface area is 141 Å². The van der Waals surface area contributed by atoms with Crippen LogP contribution in [0.3, 0.4) is 0 Å².